The third-order valence-corrected chi connectivity index (χ3v) is 2.70. The summed E-state index contributed by atoms with van der Waals surface area (Å²) in [4.78, 5) is 0. The molecular formula is C13H18F3N. The van der Waals surface area contributed by atoms with Crippen LogP contribution in [-0.2, 0) is 12.6 Å². The summed E-state index contributed by atoms with van der Waals surface area (Å²) >= 11 is 0. The summed E-state index contributed by atoms with van der Waals surface area (Å²) in [6.07, 6.45) is -3.65. The van der Waals surface area contributed by atoms with E-state index in [1.807, 2.05) is 13.8 Å². The van der Waals surface area contributed by atoms with E-state index < -0.39 is 11.7 Å². The summed E-state index contributed by atoms with van der Waals surface area (Å²) in [5, 5.41) is 3.19. The van der Waals surface area contributed by atoms with Crippen molar-refractivity contribution in [2.24, 2.45) is 0 Å². The minimum atomic E-state index is -4.26. The van der Waals surface area contributed by atoms with E-state index in [1.165, 1.54) is 19.1 Å². The Morgan fingerprint density at radius 1 is 1.29 bits per heavy atom. The SMILES string of the molecule is CCNC(C)Cc1ccc(C)c(C(F)(F)F)c1. The van der Waals surface area contributed by atoms with Gasteiger partial charge in [0.25, 0.3) is 0 Å². The van der Waals surface area contributed by atoms with E-state index >= 15 is 0 Å². The molecule has 0 heterocycles. The van der Waals surface area contributed by atoms with Gasteiger partial charge in [-0.05, 0) is 44.0 Å². The lowest BCUT2D eigenvalue weighted by molar-refractivity contribution is -0.138. The van der Waals surface area contributed by atoms with Crippen LogP contribution in [0.25, 0.3) is 0 Å². The minimum absolute atomic E-state index is 0.184. The molecule has 1 aromatic carbocycles. The molecule has 0 saturated carbocycles. The van der Waals surface area contributed by atoms with Crippen molar-refractivity contribution in [3.63, 3.8) is 0 Å². The Morgan fingerprint density at radius 3 is 2.47 bits per heavy atom. The number of rotatable bonds is 4. The number of nitrogens with one attached hydrogen (secondary N) is 1. The zero-order chi connectivity index (χ0) is 13.1. The number of hydrogen-bond acceptors (Lipinski definition) is 1. The van der Waals surface area contributed by atoms with Gasteiger partial charge in [0.05, 0.1) is 5.56 Å². The molecule has 0 radical (unpaired) electrons. The highest BCUT2D eigenvalue weighted by Gasteiger charge is 2.32. The zero-order valence-corrected chi connectivity index (χ0v) is 10.4. The Bertz CT molecular complexity index is 371. The molecule has 1 rings (SSSR count). The van der Waals surface area contributed by atoms with E-state index in [0.29, 0.717) is 6.42 Å². The quantitative estimate of drug-likeness (QED) is 0.855. The van der Waals surface area contributed by atoms with E-state index in [9.17, 15) is 13.2 Å². The number of aryl methyl sites for hydroxylation is 1. The van der Waals surface area contributed by atoms with Gasteiger partial charge >= 0.3 is 6.18 Å². The molecule has 4 heteroatoms. The average molecular weight is 245 g/mol. The summed E-state index contributed by atoms with van der Waals surface area (Å²) in [6, 6.07) is 4.74. The first kappa shape index (κ1) is 14.0. The van der Waals surface area contributed by atoms with Crippen LogP contribution in [0, 0.1) is 6.92 Å². The molecule has 1 aromatic rings. The maximum atomic E-state index is 12.7. The van der Waals surface area contributed by atoms with Crippen LogP contribution in [0.15, 0.2) is 18.2 Å². The third kappa shape index (κ3) is 4.04. The molecule has 1 N–H and O–H groups in total. The van der Waals surface area contributed by atoms with Crippen LogP contribution in [0.2, 0.25) is 0 Å². The maximum Gasteiger partial charge on any atom is 0.416 e. The van der Waals surface area contributed by atoms with Gasteiger partial charge in [0.2, 0.25) is 0 Å². The van der Waals surface area contributed by atoms with Gasteiger partial charge in [-0.25, -0.2) is 0 Å². The first-order valence-corrected chi connectivity index (χ1v) is 5.74. The fourth-order valence-corrected chi connectivity index (χ4v) is 1.88. The topological polar surface area (TPSA) is 12.0 Å². The van der Waals surface area contributed by atoms with Crippen molar-refractivity contribution >= 4 is 0 Å². The summed E-state index contributed by atoms with van der Waals surface area (Å²) in [7, 11) is 0. The van der Waals surface area contributed by atoms with Crippen molar-refractivity contribution in [2.75, 3.05) is 6.54 Å². The third-order valence-electron chi connectivity index (χ3n) is 2.70. The summed E-state index contributed by atoms with van der Waals surface area (Å²) in [5.41, 5.74) is 0.465. The van der Waals surface area contributed by atoms with Crippen molar-refractivity contribution < 1.29 is 13.2 Å². The second kappa shape index (κ2) is 5.54. The molecule has 0 aliphatic heterocycles. The standard InChI is InChI=1S/C13H18F3N/c1-4-17-10(3)7-11-6-5-9(2)12(8-11)13(14,15)16/h5-6,8,10,17H,4,7H2,1-3H3. The molecule has 17 heavy (non-hydrogen) atoms. The lowest BCUT2D eigenvalue weighted by Gasteiger charge is -2.15. The number of alkyl halides is 3. The first-order valence-electron chi connectivity index (χ1n) is 5.74. The first-order chi connectivity index (χ1) is 7.84. The Morgan fingerprint density at radius 2 is 1.94 bits per heavy atom. The van der Waals surface area contributed by atoms with Crippen LogP contribution in [-0.4, -0.2) is 12.6 Å². The maximum absolute atomic E-state index is 12.7. The Balaban J connectivity index is 2.89. The average Bonchev–Trinajstić information content (AvgIpc) is 2.19. The van der Waals surface area contributed by atoms with Crippen LogP contribution in [0.4, 0.5) is 13.2 Å². The lowest BCUT2D eigenvalue weighted by atomic mass is 10.0. The molecule has 0 spiro atoms. The van der Waals surface area contributed by atoms with Crippen LogP contribution in [0.3, 0.4) is 0 Å². The molecule has 0 aliphatic carbocycles. The lowest BCUT2D eigenvalue weighted by Crippen LogP contribution is -2.27. The van der Waals surface area contributed by atoms with Crippen molar-refractivity contribution in [3.05, 3.63) is 34.9 Å². The van der Waals surface area contributed by atoms with Crippen LogP contribution in [0.5, 0.6) is 0 Å². The van der Waals surface area contributed by atoms with Crippen molar-refractivity contribution in [1.82, 2.24) is 5.32 Å². The highest BCUT2D eigenvalue weighted by atomic mass is 19.4. The van der Waals surface area contributed by atoms with E-state index in [2.05, 4.69) is 5.32 Å². The molecule has 0 aromatic heterocycles. The Labute approximate surface area is 100 Å². The van der Waals surface area contributed by atoms with Crippen molar-refractivity contribution in [2.45, 2.75) is 39.4 Å². The molecule has 96 valence electrons. The molecule has 0 saturated heterocycles. The van der Waals surface area contributed by atoms with Gasteiger partial charge in [-0.2, -0.15) is 13.2 Å². The fraction of sp³-hybridized carbons (Fsp3) is 0.538. The fourth-order valence-electron chi connectivity index (χ4n) is 1.88. The predicted molar refractivity (Wildman–Crippen MR) is 63.0 cm³/mol. The Kier molecular flexibility index (Phi) is 4.57. The van der Waals surface area contributed by atoms with Crippen molar-refractivity contribution in [3.8, 4) is 0 Å². The summed E-state index contributed by atoms with van der Waals surface area (Å²) in [5.74, 6) is 0. The highest BCUT2D eigenvalue weighted by Crippen LogP contribution is 2.32. The predicted octanol–water partition coefficient (Wildman–Crippen LogP) is 3.55. The summed E-state index contributed by atoms with van der Waals surface area (Å²) < 4.78 is 38.1. The number of benzene rings is 1. The number of hydrogen-bond donors (Lipinski definition) is 1. The van der Waals surface area contributed by atoms with Gasteiger partial charge in [-0.3, -0.25) is 0 Å². The van der Waals surface area contributed by atoms with Gasteiger partial charge in [0.15, 0.2) is 0 Å². The monoisotopic (exact) mass is 245 g/mol. The minimum Gasteiger partial charge on any atom is -0.314 e. The zero-order valence-electron chi connectivity index (χ0n) is 10.4. The van der Waals surface area contributed by atoms with Gasteiger partial charge in [-0.1, -0.05) is 19.1 Å². The number of halogens is 3. The second-order valence-electron chi connectivity index (χ2n) is 4.31. The van der Waals surface area contributed by atoms with E-state index in [-0.39, 0.29) is 11.6 Å². The smallest absolute Gasteiger partial charge is 0.314 e. The molecule has 0 bridgehead atoms. The Hall–Kier alpha value is -1.03. The second-order valence-corrected chi connectivity index (χ2v) is 4.31. The van der Waals surface area contributed by atoms with E-state index in [4.69, 9.17) is 0 Å². The van der Waals surface area contributed by atoms with Gasteiger partial charge in [-0.15, -0.1) is 0 Å². The summed E-state index contributed by atoms with van der Waals surface area (Å²) in [6.45, 7) is 6.25. The highest BCUT2D eigenvalue weighted by molar-refractivity contribution is 5.33. The molecule has 1 unspecified atom stereocenters. The molecule has 0 aliphatic rings. The molecule has 1 nitrogen and oxygen atoms in total. The van der Waals surface area contributed by atoms with Crippen LogP contribution in [0.1, 0.15) is 30.5 Å². The van der Waals surface area contributed by atoms with Gasteiger partial charge in [0.1, 0.15) is 0 Å². The molecule has 1 atom stereocenters. The normalized spacial score (nSPS) is 13.8. The number of likely N-dealkylation sites (N-methyl/N-ethyl adjacent to an activating group) is 1. The van der Waals surface area contributed by atoms with E-state index in [1.54, 1.807) is 6.07 Å². The molecule has 0 amide bonds. The molecular weight excluding hydrogens is 227 g/mol. The van der Waals surface area contributed by atoms with E-state index in [0.717, 1.165) is 12.1 Å². The van der Waals surface area contributed by atoms with Crippen molar-refractivity contribution in [1.29, 1.82) is 0 Å². The van der Waals surface area contributed by atoms with Gasteiger partial charge in [0, 0.05) is 6.04 Å². The van der Waals surface area contributed by atoms with Gasteiger partial charge < -0.3 is 5.32 Å². The molecule has 0 fully saturated rings. The van der Waals surface area contributed by atoms with Crippen LogP contribution >= 0.6 is 0 Å². The largest absolute Gasteiger partial charge is 0.416 e. The van der Waals surface area contributed by atoms with Crippen LogP contribution < -0.4 is 5.32 Å².